The van der Waals surface area contributed by atoms with Gasteiger partial charge in [0.25, 0.3) is 0 Å². The first kappa shape index (κ1) is 22.0. The maximum absolute atomic E-state index is 12.5. The van der Waals surface area contributed by atoms with Crippen LogP contribution in [0.4, 0.5) is 18.9 Å². The van der Waals surface area contributed by atoms with Crippen LogP contribution in [0.5, 0.6) is 0 Å². The minimum atomic E-state index is -4.17. The van der Waals surface area contributed by atoms with E-state index in [2.05, 4.69) is 20.9 Å². The summed E-state index contributed by atoms with van der Waals surface area (Å²) in [5.74, 6) is 0.432. The topological polar surface area (TPSA) is 68.8 Å². The number of carbonyl (C=O) groups is 1. The zero-order valence-corrected chi connectivity index (χ0v) is 16.4. The summed E-state index contributed by atoms with van der Waals surface area (Å²) in [5.41, 5.74) is 1.73. The molecule has 0 saturated carbocycles. The Kier molecular flexibility index (Phi) is 7.68. The van der Waals surface area contributed by atoms with Crippen LogP contribution in [-0.4, -0.2) is 55.7 Å². The summed E-state index contributed by atoms with van der Waals surface area (Å²) in [7, 11) is 1.63. The molecule has 0 radical (unpaired) electrons. The summed E-state index contributed by atoms with van der Waals surface area (Å²) in [6.07, 6.45) is -3.53. The predicted octanol–water partition coefficient (Wildman–Crippen LogP) is 2.58. The minimum Gasteiger partial charge on any atom is -0.352 e. The lowest BCUT2D eigenvalue weighted by molar-refractivity contribution is -0.143. The van der Waals surface area contributed by atoms with E-state index in [9.17, 15) is 18.0 Å². The van der Waals surface area contributed by atoms with Gasteiger partial charge < -0.3 is 16.0 Å². The first-order chi connectivity index (χ1) is 13.2. The zero-order chi connectivity index (χ0) is 20.7. The van der Waals surface area contributed by atoms with Gasteiger partial charge in [-0.25, -0.2) is 0 Å². The number of halogens is 3. The molecule has 1 unspecified atom stereocenters. The summed E-state index contributed by atoms with van der Waals surface area (Å²) < 4.78 is 37.5. The van der Waals surface area contributed by atoms with Crippen LogP contribution in [0.1, 0.15) is 25.8 Å². The van der Waals surface area contributed by atoms with E-state index in [4.69, 9.17) is 0 Å². The highest BCUT2D eigenvalue weighted by atomic mass is 19.4. The van der Waals surface area contributed by atoms with E-state index in [1.807, 2.05) is 38.1 Å². The predicted molar refractivity (Wildman–Crippen MR) is 104 cm³/mol. The van der Waals surface area contributed by atoms with Crippen molar-refractivity contribution in [3.05, 3.63) is 29.8 Å². The molecule has 156 valence electrons. The van der Waals surface area contributed by atoms with Crippen LogP contribution in [0.3, 0.4) is 0 Å². The molecular weight excluding hydrogens is 371 g/mol. The lowest BCUT2D eigenvalue weighted by atomic mass is 10.1. The molecule has 6 nitrogen and oxygen atoms in total. The quantitative estimate of drug-likeness (QED) is 0.508. The number of aliphatic imine (C=N–C) groups is 1. The molecule has 1 aromatic rings. The summed E-state index contributed by atoms with van der Waals surface area (Å²) >= 11 is 0. The number of amides is 1. The highest BCUT2D eigenvalue weighted by Gasteiger charge is 2.34. The highest BCUT2D eigenvalue weighted by Crippen LogP contribution is 2.20. The Labute approximate surface area is 163 Å². The molecule has 1 heterocycles. The smallest absolute Gasteiger partial charge is 0.352 e. The van der Waals surface area contributed by atoms with Crippen molar-refractivity contribution in [2.45, 2.75) is 39.0 Å². The summed E-state index contributed by atoms with van der Waals surface area (Å²) in [4.78, 5) is 17.2. The lowest BCUT2D eigenvalue weighted by Crippen LogP contribution is -2.44. The van der Waals surface area contributed by atoms with Crippen LogP contribution in [0.25, 0.3) is 0 Å². The molecule has 1 aliphatic heterocycles. The Morgan fingerprint density at radius 2 is 1.96 bits per heavy atom. The Hall–Kier alpha value is -2.29. The number of rotatable bonds is 6. The normalized spacial score (nSPS) is 18.4. The Bertz CT molecular complexity index is 673. The van der Waals surface area contributed by atoms with Crippen molar-refractivity contribution >= 4 is 17.6 Å². The van der Waals surface area contributed by atoms with Crippen LogP contribution in [0.2, 0.25) is 0 Å². The average molecular weight is 399 g/mol. The van der Waals surface area contributed by atoms with E-state index < -0.39 is 12.7 Å². The number of nitrogens with zero attached hydrogens (tertiary/aromatic N) is 2. The van der Waals surface area contributed by atoms with E-state index >= 15 is 0 Å². The molecule has 1 atom stereocenters. The second-order valence-corrected chi connectivity index (χ2v) is 7.25. The second-order valence-electron chi connectivity index (χ2n) is 7.25. The first-order valence-electron chi connectivity index (χ1n) is 9.32. The van der Waals surface area contributed by atoms with Gasteiger partial charge in [0, 0.05) is 44.3 Å². The van der Waals surface area contributed by atoms with E-state index in [1.165, 1.54) is 4.90 Å². The number of hydrogen-bond acceptors (Lipinski definition) is 3. The third-order valence-electron chi connectivity index (χ3n) is 4.45. The summed E-state index contributed by atoms with van der Waals surface area (Å²) in [6.45, 7) is 4.05. The lowest BCUT2D eigenvalue weighted by Gasteiger charge is -2.20. The molecule has 3 N–H and O–H groups in total. The molecule has 1 fully saturated rings. The van der Waals surface area contributed by atoms with Crippen LogP contribution in [0, 0.1) is 5.92 Å². The van der Waals surface area contributed by atoms with Gasteiger partial charge in [-0.3, -0.25) is 14.7 Å². The van der Waals surface area contributed by atoms with Gasteiger partial charge in [0.1, 0.15) is 0 Å². The third-order valence-corrected chi connectivity index (χ3v) is 4.45. The molecule has 28 heavy (non-hydrogen) atoms. The van der Waals surface area contributed by atoms with Crippen molar-refractivity contribution in [2.75, 3.05) is 32.0 Å². The fourth-order valence-corrected chi connectivity index (χ4v) is 2.91. The Morgan fingerprint density at radius 3 is 2.54 bits per heavy atom. The van der Waals surface area contributed by atoms with E-state index in [0.29, 0.717) is 32.0 Å². The third kappa shape index (κ3) is 7.38. The van der Waals surface area contributed by atoms with Crippen LogP contribution < -0.4 is 16.0 Å². The largest absolute Gasteiger partial charge is 0.401 e. The average Bonchev–Trinajstić information content (AvgIpc) is 3.04. The van der Waals surface area contributed by atoms with Crippen molar-refractivity contribution in [3.63, 3.8) is 0 Å². The van der Waals surface area contributed by atoms with Crippen molar-refractivity contribution in [1.29, 1.82) is 0 Å². The minimum absolute atomic E-state index is 0.0355. The monoisotopic (exact) mass is 399 g/mol. The number of guanidine groups is 1. The van der Waals surface area contributed by atoms with Gasteiger partial charge in [0.05, 0.1) is 6.54 Å². The molecule has 1 aliphatic rings. The van der Waals surface area contributed by atoms with Crippen molar-refractivity contribution in [2.24, 2.45) is 10.9 Å². The Balaban J connectivity index is 1.79. The van der Waals surface area contributed by atoms with Crippen LogP contribution in [0.15, 0.2) is 29.3 Å². The highest BCUT2D eigenvalue weighted by molar-refractivity contribution is 5.92. The van der Waals surface area contributed by atoms with Gasteiger partial charge in [-0.05, 0) is 24.1 Å². The maximum Gasteiger partial charge on any atom is 0.401 e. The van der Waals surface area contributed by atoms with Crippen LogP contribution >= 0.6 is 0 Å². The SMILES string of the molecule is CN=C(NCc1ccc(NC(=O)C(C)C)cc1)NC1CCN(CC(F)(F)F)C1. The number of likely N-dealkylation sites (tertiary alicyclic amines) is 1. The van der Waals surface area contributed by atoms with Gasteiger partial charge in [0.15, 0.2) is 5.96 Å². The van der Waals surface area contributed by atoms with Gasteiger partial charge in [-0.1, -0.05) is 26.0 Å². The number of anilines is 1. The Morgan fingerprint density at radius 1 is 1.29 bits per heavy atom. The number of benzene rings is 1. The van der Waals surface area contributed by atoms with Crippen LogP contribution in [-0.2, 0) is 11.3 Å². The molecule has 1 aromatic carbocycles. The molecule has 0 aromatic heterocycles. The molecule has 0 aliphatic carbocycles. The van der Waals surface area contributed by atoms with Crippen molar-refractivity contribution < 1.29 is 18.0 Å². The fraction of sp³-hybridized carbons (Fsp3) is 0.579. The van der Waals surface area contributed by atoms with Gasteiger partial charge in [-0.15, -0.1) is 0 Å². The first-order valence-corrected chi connectivity index (χ1v) is 9.32. The molecule has 2 rings (SSSR count). The second kappa shape index (κ2) is 9.77. The van der Waals surface area contributed by atoms with E-state index in [-0.39, 0.29) is 17.9 Å². The standard InChI is InChI=1S/C19H28F3N5O/c1-13(2)17(28)25-15-6-4-14(5-7-15)10-24-18(23-3)26-16-8-9-27(11-16)12-19(20,21)22/h4-7,13,16H,8-12H2,1-3H3,(H,25,28)(H2,23,24,26). The van der Waals surface area contributed by atoms with Gasteiger partial charge in [0.2, 0.25) is 5.91 Å². The molecular formula is C19H28F3N5O. The van der Waals surface area contributed by atoms with Crippen molar-refractivity contribution in [3.8, 4) is 0 Å². The summed E-state index contributed by atoms with van der Waals surface area (Å²) in [5, 5.41) is 9.17. The fourth-order valence-electron chi connectivity index (χ4n) is 2.91. The van der Waals surface area contributed by atoms with Crippen molar-refractivity contribution in [1.82, 2.24) is 15.5 Å². The molecule has 0 spiro atoms. The van der Waals surface area contributed by atoms with Gasteiger partial charge >= 0.3 is 6.18 Å². The van der Waals surface area contributed by atoms with E-state index in [1.54, 1.807) is 7.05 Å². The number of carbonyl (C=O) groups excluding carboxylic acids is 1. The van der Waals surface area contributed by atoms with E-state index in [0.717, 1.165) is 11.3 Å². The number of nitrogens with one attached hydrogen (secondary N) is 3. The van der Waals surface area contributed by atoms with Gasteiger partial charge in [-0.2, -0.15) is 13.2 Å². The molecule has 9 heteroatoms. The zero-order valence-electron chi connectivity index (χ0n) is 16.4. The maximum atomic E-state index is 12.5. The molecule has 1 saturated heterocycles. The molecule has 0 bridgehead atoms. The molecule has 1 amide bonds. The number of alkyl halides is 3. The number of hydrogen-bond donors (Lipinski definition) is 3. The summed E-state index contributed by atoms with van der Waals surface area (Å²) in [6, 6.07) is 7.40.